The van der Waals surface area contributed by atoms with Gasteiger partial charge in [-0.15, -0.1) is 0 Å². The molecular weight excluding hydrogens is 420 g/mol. The minimum absolute atomic E-state index is 0.0766. The highest BCUT2D eigenvalue weighted by Crippen LogP contribution is 2.67. The summed E-state index contributed by atoms with van der Waals surface area (Å²) in [7, 11) is 0. The molecule has 0 saturated heterocycles. The van der Waals surface area contributed by atoms with Gasteiger partial charge in [-0.25, -0.2) is 0 Å². The topological polar surface area (TPSA) is 57.5 Å². The summed E-state index contributed by atoms with van der Waals surface area (Å²) >= 11 is 0. The van der Waals surface area contributed by atoms with Crippen molar-refractivity contribution in [2.75, 3.05) is 0 Å². The number of hydrogen-bond donors (Lipinski definition) is 2. The minimum Gasteiger partial charge on any atom is -0.481 e. The third kappa shape index (κ3) is 5.76. The smallest absolute Gasteiger partial charge is 0.303 e. The first-order valence-electron chi connectivity index (χ1n) is 14.6. The highest BCUT2D eigenvalue weighted by molar-refractivity contribution is 5.66. The van der Waals surface area contributed by atoms with E-state index in [0.717, 1.165) is 54.8 Å². The Morgan fingerprint density at radius 2 is 1.79 bits per heavy atom. The van der Waals surface area contributed by atoms with E-state index in [0.29, 0.717) is 17.3 Å². The molecule has 0 aromatic carbocycles. The van der Waals surface area contributed by atoms with E-state index in [1.165, 1.54) is 57.8 Å². The molecule has 1 unspecified atom stereocenters. The van der Waals surface area contributed by atoms with Crippen molar-refractivity contribution in [1.29, 1.82) is 0 Å². The summed E-state index contributed by atoms with van der Waals surface area (Å²) in [6, 6.07) is 0. The van der Waals surface area contributed by atoms with Crippen molar-refractivity contribution in [3.8, 4) is 0 Å². The average molecular weight is 475 g/mol. The van der Waals surface area contributed by atoms with Crippen molar-refractivity contribution in [3.05, 3.63) is 11.6 Å². The molecule has 0 bridgehead atoms. The standard InChI is InChI=1S/C27H46O.C4H8O2/c1-18(2)7-6-8-19(3)23-11-12-24-22-10-9-20-17-21(28)13-15-26(20,4)25(22)14-16-27(23,24)5;1-2-3-4(5)6/h9,18-19,21-25,28H,6-8,10-17H2,1-5H3;2-3H2,1H3,(H,5,6)/t19?,21-,22-,23+,24-,25-,26-,27+;/m0./s1. The molecular formula is C31H54O3. The van der Waals surface area contributed by atoms with Gasteiger partial charge < -0.3 is 10.2 Å². The van der Waals surface area contributed by atoms with E-state index < -0.39 is 5.97 Å². The van der Waals surface area contributed by atoms with E-state index in [-0.39, 0.29) is 6.10 Å². The third-order valence-electron chi connectivity index (χ3n) is 10.7. The van der Waals surface area contributed by atoms with Crippen LogP contribution in [-0.4, -0.2) is 22.3 Å². The zero-order chi connectivity index (χ0) is 25.1. The van der Waals surface area contributed by atoms with Gasteiger partial charge in [-0.2, -0.15) is 0 Å². The lowest BCUT2D eigenvalue weighted by Gasteiger charge is -2.58. The molecule has 3 saturated carbocycles. The van der Waals surface area contributed by atoms with E-state index in [1.807, 2.05) is 6.92 Å². The van der Waals surface area contributed by atoms with Crippen molar-refractivity contribution < 1.29 is 15.0 Å². The second-order valence-corrected chi connectivity index (χ2v) is 13.3. The largest absolute Gasteiger partial charge is 0.481 e. The molecule has 34 heavy (non-hydrogen) atoms. The van der Waals surface area contributed by atoms with Gasteiger partial charge in [0.05, 0.1) is 6.10 Å². The van der Waals surface area contributed by atoms with Crippen LogP contribution in [-0.2, 0) is 4.79 Å². The number of rotatable bonds is 7. The van der Waals surface area contributed by atoms with Crippen molar-refractivity contribution in [3.63, 3.8) is 0 Å². The number of carboxylic acid groups (broad SMARTS) is 1. The van der Waals surface area contributed by atoms with Gasteiger partial charge in [0.1, 0.15) is 0 Å². The van der Waals surface area contributed by atoms with E-state index in [4.69, 9.17) is 5.11 Å². The van der Waals surface area contributed by atoms with Gasteiger partial charge in [0.25, 0.3) is 0 Å². The highest BCUT2D eigenvalue weighted by Gasteiger charge is 2.59. The summed E-state index contributed by atoms with van der Waals surface area (Å²) < 4.78 is 0. The van der Waals surface area contributed by atoms with Crippen molar-refractivity contribution >= 4 is 5.97 Å². The molecule has 4 aliphatic carbocycles. The minimum atomic E-state index is -0.711. The maximum Gasteiger partial charge on any atom is 0.303 e. The summed E-state index contributed by atoms with van der Waals surface area (Å²) in [5, 5.41) is 18.1. The maximum atomic E-state index is 10.2. The Balaban J connectivity index is 0.000000481. The number of aliphatic carboxylic acids is 1. The molecule has 0 spiro atoms. The van der Waals surface area contributed by atoms with Crippen LogP contribution in [0.5, 0.6) is 0 Å². The molecule has 196 valence electrons. The first-order chi connectivity index (χ1) is 16.0. The highest BCUT2D eigenvalue weighted by atomic mass is 16.4. The number of aliphatic hydroxyl groups is 1. The molecule has 8 atom stereocenters. The van der Waals surface area contributed by atoms with Gasteiger partial charge in [0, 0.05) is 6.42 Å². The van der Waals surface area contributed by atoms with Gasteiger partial charge in [-0.3, -0.25) is 4.79 Å². The number of carbonyl (C=O) groups is 1. The second-order valence-electron chi connectivity index (χ2n) is 13.3. The third-order valence-corrected chi connectivity index (χ3v) is 10.7. The van der Waals surface area contributed by atoms with Crippen LogP contribution in [0.3, 0.4) is 0 Å². The maximum absolute atomic E-state index is 10.2. The molecule has 0 aromatic heterocycles. The Hall–Kier alpha value is -0.830. The summed E-state index contributed by atoms with van der Waals surface area (Å²) in [5.41, 5.74) is 2.60. The van der Waals surface area contributed by atoms with Crippen LogP contribution in [0.1, 0.15) is 125 Å². The Morgan fingerprint density at radius 1 is 1.06 bits per heavy atom. The predicted octanol–water partition coefficient (Wildman–Crippen LogP) is 8.26. The predicted molar refractivity (Wildman–Crippen MR) is 142 cm³/mol. The SMILES string of the molecule is CC(C)CCCC(C)[C@H]1CC[C@H]2[C@@H]3CC=C4C[C@@H](O)CC[C@]4(C)[C@H]3CC[C@]12C.CCCC(=O)O. The van der Waals surface area contributed by atoms with Gasteiger partial charge in [0.2, 0.25) is 0 Å². The Morgan fingerprint density at radius 3 is 2.41 bits per heavy atom. The fourth-order valence-electron chi connectivity index (χ4n) is 8.88. The molecule has 2 N–H and O–H groups in total. The summed E-state index contributed by atoms with van der Waals surface area (Å²) in [4.78, 5) is 9.60. The molecule has 3 nitrogen and oxygen atoms in total. The first kappa shape index (κ1) is 27.8. The van der Waals surface area contributed by atoms with Crippen molar-refractivity contribution in [2.45, 2.75) is 131 Å². The molecule has 3 heteroatoms. The first-order valence-corrected chi connectivity index (χ1v) is 14.6. The molecule has 4 rings (SSSR count). The lowest BCUT2D eigenvalue weighted by molar-refractivity contribution is -0.137. The molecule has 0 amide bonds. The average Bonchev–Trinajstić information content (AvgIpc) is 3.11. The Bertz CT molecular complexity index is 711. The van der Waals surface area contributed by atoms with Crippen LogP contribution in [0.15, 0.2) is 11.6 Å². The van der Waals surface area contributed by atoms with Gasteiger partial charge in [-0.1, -0.05) is 72.5 Å². The zero-order valence-corrected chi connectivity index (χ0v) is 23.1. The van der Waals surface area contributed by atoms with Gasteiger partial charge in [0.15, 0.2) is 0 Å². The van der Waals surface area contributed by atoms with Crippen LogP contribution in [0, 0.1) is 46.3 Å². The lowest BCUT2D eigenvalue weighted by atomic mass is 9.47. The van der Waals surface area contributed by atoms with Crippen LogP contribution >= 0.6 is 0 Å². The molecule has 0 heterocycles. The van der Waals surface area contributed by atoms with Crippen LogP contribution < -0.4 is 0 Å². The number of hydrogen-bond acceptors (Lipinski definition) is 2. The Labute approximate surface area is 210 Å². The summed E-state index contributed by atoms with van der Waals surface area (Å²) in [6.45, 7) is 14.4. The van der Waals surface area contributed by atoms with Gasteiger partial charge >= 0.3 is 5.97 Å². The number of aliphatic hydroxyl groups excluding tert-OH is 1. The van der Waals surface area contributed by atoms with Gasteiger partial charge in [-0.05, 0) is 104 Å². The fourth-order valence-corrected chi connectivity index (χ4v) is 8.88. The van der Waals surface area contributed by atoms with Crippen LogP contribution in [0.4, 0.5) is 0 Å². The van der Waals surface area contributed by atoms with Crippen LogP contribution in [0.25, 0.3) is 0 Å². The fraction of sp³-hybridized carbons (Fsp3) is 0.903. The normalized spacial score (nSPS) is 39.8. The Kier molecular flexibility index (Phi) is 9.37. The molecule has 4 aliphatic rings. The quantitative estimate of drug-likeness (QED) is 0.365. The zero-order valence-electron chi connectivity index (χ0n) is 23.1. The molecule has 3 fully saturated rings. The number of carboxylic acids is 1. The van der Waals surface area contributed by atoms with E-state index in [1.54, 1.807) is 5.57 Å². The number of allylic oxidation sites excluding steroid dienone is 1. The number of fused-ring (bicyclic) bond motifs is 5. The van der Waals surface area contributed by atoms with E-state index in [9.17, 15) is 9.90 Å². The molecule has 0 aliphatic heterocycles. The summed E-state index contributed by atoms with van der Waals surface area (Å²) in [6.07, 6.45) is 18.2. The second kappa shape index (κ2) is 11.5. The van der Waals surface area contributed by atoms with Crippen molar-refractivity contribution in [2.24, 2.45) is 46.3 Å². The monoisotopic (exact) mass is 474 g/mol. The molecule has 0 radical (unpaired) electrons. The molecule has 0 aromatic rings. The van der Waals surface area contributed by atoms with E-state index >= 15 is 0 Å². The summed E-state index contributed by atoms with van der Waals surface area (Å²) in [5.74, 6) is 4.75. The van der Waals surface area contributed by atoms with Crippen molar-refractivity contribution in [1.82, 2.24) is 0 Å². The van der Waals surface area contributed by atoms with Crippen LogP contribution in [0.2, 0.25) is 0 Å². The lowest BCUT2D eigenvalue weighted by Crippen LogP contribution is -2.50. The van der Waals surface area contributed by atoms with E-state index in [2.05, 4.69) is 40.7 Å².